The van der Waals surface area contributed by atoms with Crippen LogP contribution in [0.2, 0.25) is 0 Å². The van der Waals surface area contributed by atoms with Gasteiger partial charge in [0.25, 0.3) is 0 Å². The maximum Gasteiger partial charge on any atom is 0.220 e. The number of hydrogen-bond donors (Lipinski definition) is 2. The monoisotopic (exact) mass is 302 g/mol. The summed E-state index contributed by atoms with van der Waals surface area (Å²) in [7, 11) is 0. The van der Waals surface area contributed by atoms with Gasteiger partial charge in [0, 0.05) is 25.7 Å². The smallest absolute Gasteiger partial charge is 0.220 e. The van der Waals surface area contributed by atoms with E-state index in [0.29, 0.717) is 18.9 Å². The minimum Gasteiger partial charge on any atom is -0.356 e. The third kappa shape index (κ3) is 3.93. The summed E-state index contributed by atoms with van der Waals surface area (Å²) >= 11 is 0. The van der Waals surface area contributed by atoms with Gasteiger partial charge in [0.2, 0.25) is 5.91 Å². The van der Waals surface area contributed by atoms with Crippen molar-refractivity contribution >= 4 is 5.91 Å². The first-order valence-corrected chi connectivity index (χ1v) is 7.98. The fourth-order valence-corrected chi connectivity index (χ4v) is 2.95. The molecular formula is C15H22N6O. The summed E-state index contributed by atoms with van der Waals surface area (Å²) in [4.78, 5) is 11.8. The number of rotatable bonds is 7. The molecule has 1 saturated carbocycles. The Labute approximate surface area is 129 Å². The highest BCUT2D eigenvalue weighted by Gasteiger charge is 2.17. The second-order valence-corrected chi connectivity index (χ2v) is 5.90. The lowest BCUT2D eigenvalue weighted by Crippen LogP contribution is -2.26. The van der Waals surface area contributed by atoms with Crippen LogP contribution in [0.5, 0.6) is 0 Å². The van der Waals surface area contributed by atoms with E-state index in [1.807, 2.05) is 12.3 Å². The van der Waals surface area contributed by atoms with Gasteiger partial charge in [0.15, 0.2) is 0 Å². The summed E-state index contributed by atoms with van der Waals surface area (Å²) in [5.41, 5.74) is 1.64. The zero-order valence-electron chi connectivity index (χ0n) is 12.7. The average Bonchev–Trinajstić information content (AvgIpc) is 3.24. The number of aryl methyl sites for hydroxylation is 1. The van der Waals surface area contributed by atoms with Gasteiger partial charge < -0.3 is 5.32 Å². The first kappa shape index (κ1) is 14.7. The Hall–Kier alpha value is -2.18. The van der Waals surface area contributed by atoms with Gasteiger partial charge in [-0.15, -0.1) is 5.10 Å². The average molecular weight is 302 g/mol. The lowest BCUT2D eigenvalue weighted by Gasteiger charge is -2.09. The molecule has 1 amide bonds. The number of aromatic nitrogens is 5. The van der Waals surface area contributed by atoms with Crippen molar-refractivity contribution in [2.24, 2.45) is 5.92 Å². The van der Waals surface area contributed by atoms with Crippen LogP contribution in [0.4, 0.5) is 0 Å². The van der Waals surface area contributed by atoms with Crippen molar-refractivity contribution in [2.45, 2.75) is 45.1 Å². The van der Waals surface area contributed by atoms with Crippen LogP contribution in [0, 0.1) is 5.92 Å². The standard InChI is InChI=1S/C15H22N6O/c22-15(10-12-4-1-2-5-12)16-7-3-9-21-11-14(19-20-21)13-6-8-17-18-13/h6,8,11-12H,1-5,7,9-10H2,(H,16,22)(H,17,18). The predicted octanol–water partition coefficient (Wildman–Crippen LogP) is 1.75. The molecule has 0 aliphatic heterocycles. The van der Waals surface area contributed by atoms with Crippen molar-refractivity contribution in [3.05, 3.63) is 18.5 Å². The summed E-state index contributed by atoms with van der Waals surface area (Å²) in [5, 5.41) is 17.9. The van der Waals surface area contributed by atoms with Crippen LogP contribution in [0.15, 0.2) is 18.5 Å². The molecule has 0 atom stereocenters. The summed E-state index contributed by atoms with van der Waals surface area (Å²) in [5.74, 6) is 0.788. The van der Waals surface area contributed by atoms with E-state index in [-0.39, 0.29) is 5.91 Å². The molecule has 2 N–H and O–H groups in total. The lowest BCUT2D eigenvalue weighted by atomic mass is 10.0. The fourth-order valence-electron chi connectivity index (χ4n) is 2.95. The fraction of sp³-hybridized carbons (Fsp3) is 0.600. The van der Waals surface area contributed by atoms with Crippen LogP contribution in [0.25, 0.3) is 11.4 Å². The van der Waals surface area contributed by atoms with E-state index < -0.39 is 0 Å². The highest BCUT2D eigenvalue weighted by atomic mass is 16.1. The molecule has 0 spiro atoms. The molecule has 1 fully saturated rings. The van der Waals surface area contributed by atoms with Crippen LogP contribution in [0.1, 0.15) is 38.5 Å². The van der Waals surface area contributed by atoms with Gasteiger partial charge >= 0.3 is 0 Å². The van der Waals surface area contributed by atoms with E-state index in [0.717, 1.165) is 24.4 Å². The zero-order valence-corrected chi connectivity index (χ0v) is 12.7. The number of amides is 1. The number of nitrogens with one attached hydrogen (secondary N) is 2. The topological polar surface area (TPSA) is 88.5 Å². The molecule has 7 heteroatoms. The minimum absolute atomic E-state index is 0.184. The molecule has 2 aromatic heterocycles. The minimum atomic E-state index is 0.184. The van der Waals surface area contributed by atoms with E-state index in [2.05, 4.69) is 25.8 Å². The molecule has 1 aliphatic rings. The number of H-pyrrole nitrogens is 1. The van der Waals surface area contributed by atoms with Gasteiger partial charge in [0.1, 0.15) is 5.69 Å². The zero-order chi connectivity index (χ0) is 15.2. The Balaban J connectivity index is 1.35. The summed E-state index contributed by atoms with van der Waals surface area (Å²) in [6, 6.07) is 1.86. The number of hydrogen-bond acceptors (Lipinski definition) is 4. The molecular weight excluding hydrogens is 280 g/mol. The normalized spacial score (nSPS) is 15.3. The van der Waals surface area contributed by atoms with Crippen molar-refractivity contribution in [3.63, 3.8) is 0 Å². The molecule has 0 unspecified atom stereocenters. The predicted molar refractivity (Wildman–Crippen MR) is 81.8 cm³/mol. The molecule has 2 heterocycles. The van der Waals surface area contributed by atoms with Crippen LogP contribution >= 0.6 is 0 Å². The summed E-state index contributed by atoms with van der Waals surface area (Å²) in [6.07, 6.45) is 10.1. The van der Waals surface area contributed by atoms with Crippen molar-refractivity contribution < 1.29 is 4.79 Å². The second-order valence-electron chi connectivity index (χ2n) is 5.90. The van der Waals surface area contributed by atoms with Crippen LogP contribution in [0.3, 0.4) is 0 Å². The van der Waals surface area contributed by atoms with Crippen LogP contribution < -0.4 is 5.32 Å². The molecule has 0 saturated heterocycles. The van der Waals surface area contributed by atoms with Crippen molar-refractivity contribution in [3.8, 4) is 11.4 Å². The van der Waals surface area contributed by atoms with Gasteiger partial charge in [-0.3, -0.25) is 14.6 Å². The Morgan fingerprint density at radius 2 is 2.27 bits per heavy atom. The first-order valence-electron chi connectivity index (χ1n) is 7.98. The Bertz CT molecular complexity index is 585. The quantitative estimate of drug-likeness (QED) is 0.763. The Morgan fingerprint density at radius 1 is 1.41 bits per heavy atom. The third-order valence-electron chi connectivity index (χ3n) is 4.15. The van der Waals surface area contributed by atoms with Gasteiger partial charge in [-0.25, -0.2) is 0 Å². The molecule has 7 nitrogen and oxygen atoms in total. The number of aromatic amines is 1. The van der Waals surface area contributed by atoms with E-state index in [4.69, 9.17) is 0 Å². The van der Waals surface area contributed by atoms with Gasteiger partial charge in [0.05, 0.1) is 11.9 Å². The lowest BCUT2D eigenvalue weighted by molar-refractivity contribution is -0.121. The van der Waals surface area contributed by atoms with Gasteiger partial charge in [-0.05, 0) is 31.2 Å². The van der Waals surface area contributed by atoms with E-state index in [1.165, 1.54) is 25.7 Å². The first-order chi connectivity index (χ1) is 10.8. The third-order valence-corrected chi connectivity index (χ3v) is 4.15. The Kier molecular flexibility index (Phi) is 4.82. The number of nitrogens with zero attached hydrogens (tertiary/aromatic N) is 4. The largest absolute Gasteiger partial charge is 0.356 e. The maximum absolute atomic E-state index is 11.8. The number of carbonyl (C=O) groups is 1. The highest BCUT2D eigenvalue weighted by Crippen LogP contribution is 2.27. The van der Waals surface area contributed by atoms with Gasteiger partial charge in [-0.2, -0.15) is 5.10 Å². The Morgan fingerprint density at radius 3 is 3.05 bits per heavy atom. The molecule has 118 valence electrons. The van der Waals surface area contributed by atoms with E-state index in [9.17, 15) is 4.79 Å². The van der Waals surface area contributed by atoms with Gasteiger partial charge in [-0.1, -0.05) is 18.1 Å². The van der Waals surface area contributed by atoms with Crippen LogP contribution in [-0.4, -0.2) is 37.6 Å². The highest BCUT2D eigenvalue weighted by molar-refractivity contribution is 5.76. The molecule has 0 bridgehead atoms. The SMILES string of the molecule is O=C(CC1CCCC1)NCCCn1cc(-c2ccn[nH]2)nn1. The van der Waals surface area contributed by atoms with Crippen LogP contribution in [-0.2, 0) is 11.3 Å². The molecule has 1 aliphatic carbocycles. The maximum atomic E-state index is 11.8. The molecule has 22 heavy (non-hydrogen) atoms. The number of carbonyl (C=O) groups excluding carboxylic acids is 1. The van der Waals surface area contributed by atoms with Crippen molar-refractivity contribution in [1.29, 1.82) is 0 Å². The molecule has 3 rings (SSSR count). The molecule has 0 radical (unpaired) electrons. The van der Waals surface area contributed by atoms with E-state index >= 15 is 0 Å². The van der Waals surface area contributed by atoms with E-state index in [1.54, 1.807) is 10.9 Å². The van der Waals surface area contributed by atoms with Crippen molar-refractivity contribution in [2.75, 3.05) is 6.54 Å². The summed E-state index contributed by atoms with van der Waals surface area (Å²) in [6.45, 7) is 1.43. The molecule has 2 aromatic rings. The summed E-state index contributed by atoms with van der Waals surface area (Å²) < 4.78 is 1.79. The van der Waals surface area contributed by atoms with Crippen molar-refractivity contribution in [1.82, 2.24) is 30.5 Å². The molecule has 0 aromatic carbocycles. The second kappa shape index (κ2) is 7.20.